The number of nitrogens with zero attached hydrogens (tertiary/aromatic N) is 2. The fourth-order valence-corrected chi connectivity index (χ4v) is 4.23. The number of fused-ring (bicyclic) bond motifs is 1. The lowest BCUT2D eigenvalue weighted by molar-refractivity contribution is -0.132. The fourth-order valence-electron chi connectivity index (χ4n) is 4.05. The van der Waals surface area contributed by atoms with E-state index in [1.54, 1.807) is 19.2 Å². The number of benzene rings is 2. The second kappa shape index (κ2) is 10.1. The number of hydrogen-bond donors (Lipinski definition) is 0. The fraction of sp³-hybridized carbons (Fsp3) is 0.360. The van der Waals surface area contributed by atoms with Crippen LogP contribution in [0.4, 0.5) is 0 Å². The number of ether oxygens (including phenoxy) is 2. The molecule has 2 aliphatic rings. The van der Waals surface area contributed by atoms with Crippen LogP contribution in [0.15, 0.2) is 48.0 Å². The Hall–Kier alpha value is -2.99. The van der Waals surface area contributed by atoms with E-state index in [1.807, 2.05) is 46.2 Å². The quantitative estimate of drug-likeness (QED) is 0.689. The summed E-state index contributed by atoms with van der Waals surface area (Å²) in [4.78, 5) is 29.5. The van der Waals surface area contributed by atoms with Crippen molar-refractivity contribution in [1.29, 1.82) is 0 Å². The molecule has 1 fully saturated rings. The van der Waals surface area contributed by atoms with Gasteiger partial charge in [0, 0.05) is 43.2 Å². The zero-order chi connectivity index (χ0) is 22.5. The molecule has 2 aromatic rings. The van der Waals surface area contributed by atoms with Gasteiger partial charge in [-0.15, -0.1) is 0 Å². The van der Waals surface area contributed by atoms with E-state index in [4.69, 9.17) is 21.1 Å². The SMILES string of the molecule is COc1ccc(CCC(=O)N2CCCN(C(=O)C3=Cc4cc(Cl)ccc4OC3)CC2)cc1. The third-order valence-corrected chi connectivity index (χ3v) is 6.12. The molecule has 0 atom stereocenters. The van der Waals surface area contributed by atoms with Crippen molar-refractivity contribution in [3.8, 4) is 11.5 Å². The van der Waals surface area contributed by atoms with E-state index in [9.17, 15) is 9.59 Å². The summed E-state index contributed by atoms with van der Waals surface area (Å²) in [6.07, 6.45) is 3.76. The van der Waals surface area contributed by atoms with Gasteiger partial charge in [-0.2, -0.15) is 0 Å². The summed E-state index contributed by atoms with van der Waals surface area (Å²) in [6.45, 7) is 2.60. The topological polar surface area (TPSA) is 59.1 Å². The first-order chi connectivity index (χ1) is 15.5. The van der Waals surface area contributed by atoms with Crippen molar-refractivity contribution >= 4 is 29.5 Å². The number of methoxy groups -OCH3 is 1. The lowest BCUT2D eigenvalue weighted by Crippen LogP contribution is -2.38. The Kier molecular flexibility index (Phi) is 7.00. The Morgan fingerprint density at radius 3 is 2.56 bits per heavy atom. The minimum atomic E-state index is -0.0387. The Bertz CT molecular complexity index is 1020. The molecule has 0 aliphatic carbocycles. The molecular formula is C25H27ClN2O4. The van der Waals surface area contributed by atoms with Gasteiger partial charge in [0.1, 0.15) is 18.1 Å². The van der Waals surface area contributed by atoms with Crippen molar-refractivity contribution < 1.29 is 19.1 Å². The van der Waals surface area contributed by atoms with E-state index in [0.717, 1.165) is 29.0 Å². The van der Waals surface area contributed by atoms with E-state index >= 15 is 0 Å². The summed E-state index contributed by atoms with van der Waals surface area (Å²) < 4.78 is 10.9. The molecule has 0 spiro atoms. The highest BCUT2D eigenvalue weighted by Gasteiger charge is 2.26. The predicted molar refractivity (Wildman–Crippen MR) is 124 cm³/mol. The first kappa shape index (κ1) is 22.2. The highest BCUT2D eigenvalue weighted by molar-refractivity contribution is 6.30. The number of rotatable bonds is 5. The molecule has 7 heteroatoms. The third-order valence-electron chi connectivity index (χ3n) is 5.88. The maximum atomic E-state index is 13.1. The number of hydrogen-bond acceptors (Lipinski definition) is 4. The van der Waals surface area contributed by atoms with Gasteiger partial charge in [-0.1, -0.05) is 23.7 Å². The molecule has 0 unspecified atom stereocenters. The molecule has 0 aromatic heterocycles. The first-order valence-corrected chi connectivity index (χ1v) is 11.2. The van der Waals surface area contributed by atoms with Crippen LogP contribution in [0.1, 0.15) is 24.0 Å². The van der Waals surface area contributed by atoms with Crippen molar-refractivity contribution in [2.45, 2.75) is 19.3 Å². The standard InChI is InChI=1S/C25H27ClN2O4/c1-31-22-7-3-18(4-8-22)5-10-24(29)27-11-2-12-28(14-13-27)25(30)20-15-19-16-21(26)6-9-23(19)32-17-20/h3-4,6-9,15-16H,2,5,10-14,17H2,1H3. The van der Waals surface area contributed by atoms with Crippen LogP contribution in [0.25, 0.3) is 6.08 Å². The zero-order valence-electron chi connectivity index (χ0n) is 18.2. The van der Waals surface area contributed by atoms with Gasteiger partial charge in [0.25, 0.3) is 5.91 Å². The number of amides is 2. The van der Waals surface area contributed by atoms with E-state index < -0.39 is 0 Å². The van der Waals surface area contributed by atoms with Gasteiger partial charge in [-0.25, -0.2) is 0 Å². The number of aryl methyl sites for hydroxylation is 1. The molecule has 0 radical (unpaired) electrons. The molecule has 4 rings (SSSR count). The molecular weight excluding hydrogens is 428 g/mol. The predicted octanol–water partition coefficient (Wildman–Crippen LogP) is 3.82. The lowest BCUT2D eigenvalue weighted by Gasteiger charge is -2.25. The van der Waals surface area contributed by atoms with Gasteiger partial charge in [-0.3, -0.25) is 9.59 Å². The number of carbonyl (C=O) groups is 2. The molecule has 2 aliphatic heterocycles. The van der Waals surface area contributed by atoms with Crippen molar-refractivity contribution in [1.82, 2.24) is 9.80 Å². The van der Waals surface area contributed by atoms with Crippen LogP contribution in [0.3, 0.4) is 0 Å². The van der Waals surface area contributed by atoms with Crippen LogP contribution in [-0.4, -0.2) is 61.5 Å². The molecule has 0 saturated carbocycles. The lowest BCUT2D eigenvalue weighted by atomic mass is 10.1. The molecule has 2 heterocycles. The Balaban J connectivity index is 1.32. The van der Waals surface area contributed by atoms with E-state index in [2.05, 4.69) is 0 Å². The summed E-state index contributed by atoms with van der Waals surface area (Å²) in [5.74, 6) is 1.62. The van der Waals surface area contributed by atoms with Crippen LogP contribution >= 0.6 is 11.6 Å². The van der Waals surface area contributed by atoms with Crippen LogP contribution in [-0.2, 0) is 16.0 Å². The van der Waals surface area contributed by atoms with E-state index in [1.165, 1.54) is 0 Å². The maximum absolute atomic E-state index is 13.1. The van der Waals surface area contributed by atoms with Crippen molar-refractivity contribution in [3.05, 3.63) is 64.2 Å². The van der Waals surface area contributed by atoms with E-state index in [0.29, 0.717) is 49.6 Å². The van der Waals surface area contributed by atoms with Gasteiger partial charge in [0.15, 0.2) is 0 Å². The summed E-state index contributed by atoms with van der Waals surface area (Å²) >= 11 is 6.08. The van der Waals surface area contributed by atoms with Gasteiger partial charge in [-0.05, 0) is 54.8 Å². The van der Waals surface area contributed by atoms with Crippen LogP contribution in [0.5, 0.6) is 11.5 Å². The summed E-state index contributed by atoms with van der Waals surface area (Å²) in [7, 11) is 1.64. The van der Waals surface area contributed by atoms with Gasteiger partial charge < -0.3 is 19.3 Å². The minimum Gasteiger partial charge on any atom is -0.497 e. The second-order valence-electron chi connectivity index (χ2n) is 8.02. The van der Waals surface area contributed by atoms with Crippen molar-refractivity contribution in [3.63, 3.8) is 0 Å². The Morgan fingerprint density at radius 1 is 1.03 bits per heavy atom. The smallest absolute Gasteiger partial charge is 0.253 e. The molecule has 0 N–H and O–H groups in total. The van der Waals surface area contributed by atoms with Crippen LogP contribution in [0, 0.1) is 0 Å². The molecule has 32 heavy (non-hydrogen) atoms. The van der Waals surface area contributed by atoms with Crippen molar-refractivity contribution in [2.75, 3.05) is 39.9 Å². The summed E-state index contributed by atoms with van der Waals surface area (Å²) in [5.41, 5.74) is 2.53. The molecule has 168 valence electrons. The second-order valence-corrected chi connectivity index (χ2v) is 8.45. The minimum absolute atomic E-state index is 0.0387. The largest absolute Gasteiger partial charge is 0.497 e. The molecule has 1 saturated heterocycles. The highest BCUT2D eigenvalue weighted by atomic mass is 35.5. The normalized spacial score (nSPS) is 15.9. The van der Waals surface area contributed by atoms with Gasteiger partial charge in [0.05, 0.1) is 12.7 Å². The van der Waals surface area contributed by atoms with Crippen molar-refractivity contribution in [2.24, 2.45) is 0 Å². The average Bonchev–Trinajstić information content (AvgIpc) is 3.08. The molecule has 2 aromatic carbocycles. The monoisotopic (exact) mass is 454 g/mol. The Labute approximate surface area is 193 Å². The Morgan fingerprint density at radius 2 is 1.78 bits per heavy atom. The average molecular weight is 455 g/mol. The molecule has 6 nitrogen and oxygen atoms in total. The van der Waals surface area contributed by atoms with E-state index in [-0.39, 0.29) is 18.4 Å². The maximum Gasteiger partial charge on any atom is 0.253 e. The molecule has 2 amide bonds. The summed E-state index contributed by atoms with van der Waals surface area (Å²) in [5, 5.41) is 0.607. The highest BCUT2D eigenvalue weighted by Crippen LogP contribution is 2.29. The first-order valence-electron chi connectivity index (χ1n) is 10.9. The number of carbonyl (C=O) groups excluding carboxylic acids is 2. The van der Waals surface area contributed by atoms with Gasteiger partial charge >= 0.3 is 0 Å². The van der Waals surface area contributed by atoms with Crippen LogP contribution < -0.4 is 9.47 Å². The zero-order valence-corrected chi connectivity index (χ0v) is 18.9. The molecule has 0 bridgehead atoms. The third kappa shape index (κ3) is 5.25. The number of halogens is 1. The summed E-state index contributed by atoms with van der Waals surface area (Å²) in [6, 6.07) is 13.2. The van der Waals surface area contributed by atoms with Gasteiger partial charge in [0.2, 0.25) is 5.91 Å². The van der Waals surface area contributed by atoms with Crippen LogP contribution in [0.2, 0.25) is 5.02 Å².